The summed E-state index contributed by atoms with van der Waals surface area (Å²) in [4.78, 5) is 12.7. The molecule has 0 radical (unpaired) electrons. The molecule has 0 bridgehead atoms. The number of carbonyl (C=O) groups excluding carboxylic acids is 1. The zero-order chi connectivity index (χ0) is 21.1. The van der Waals surface area contributed by atoms with Gasteiger partial charge in [-0.05, 0) is 56.1 Å². The average molecular weight is 398 g/mol. The molecule has 3 atom stereocenters. The van der Waals surface area contributed by atoms with Crippen LogP contribution in [0.3, 0.4) is 0 Å². The Kier molecular flexibility index (Phi) is 9.96. The number of carbonyl (C=O) groups is 1. The van der Waals surface area contributed by atoms with Gasteiger partial charge in [0, 0.05) is 18.7 Å². The van der Waals surface area contributed by atoms with Crippen molar-refractivity contribution in [2.24, 2.45) is 17.8 Å². The third-order valence-corrected chi connectivity index (χ3v) is 5.98. The first-order valence-corrected chi connectivity index (χ1v) is 11.3. The van der Waals surface area contributed by atoms with E-state index >= 15 is 0 Å². The molecular formula is C25H39N3O. The topological polar surface area (TPSA) is 46.9 Å². The lowest BCUT2D eigenvalue weighted by molar-refractivity contribution is -0.125. The number of rotatable bonds is 7. The highest BCUT2D eigenvalue weighted by atomic mass is 16.1. The number of amides is 1. The minimum Gasteiger partial charge on any atom is -0.354 e. The molecule has 1 N–H and O–H groups in total. The summed E-state index contributed by atoms with van der Waals surface area (Å²) in [6.07, 6.45) is 17.9. The van der Waals surface area contributed by atoms with Gasteiger partial charge in [-0.15, -0.1) is 0 Å². The van der Waals surface area contributed by atoms with Crippen LogP contribution in [0.25, 0.3) is 5.57 Å². The van der Waals surface area contributed by atoms with Crippen LogP contribution in [-0.2, 0) is 11.3 Å². The molecule has 0 spiro atoms. The van der Waals surface area contributed by atoms with E-state index in [1.807, 2.05) is 42.1 Å². The van der Waals surface area contributed by atoms with Crippen LogP contribution in [0.1, 0.15) is 71.4 Å². The molecule has 1 saturated carbocycles. The quantitative estimate of drug-likeness (QED) is 0.593. The second-order valence-corrected chi connectivity index (χ2v) is 8.60. The van der Waals surface area contributed by atoms with E-state index in [9.17, 15) is 4.79 Å². The third kappa shape index (κ3) is 8.04. The Morgan fingerprint density at radius 2 is 2.00 bits per heavy atom. The van der Waals surface area contributed by atoms with Crippen LogP contribution in [0, 0.1) is 17.8 Å². The van der Waals surface area contributed by atoms with Crippen LogP contribution in [-0.4, -0.2) is 22.2 Å². The minimum atomic E-state index is 0.165. The highest BCUT2D eigenvalue weighted by Crippen LogP contribution is 2.27. The van der Waals surface area contributed by atoms with Crippen molar-refractivity contribution in [3.8, 4) is 0 Å². The molecule has 0 aromatic carbocycles. The predicted molar refractivity (Wildman–Crippen MR) is 122 cm³/mol. The summed E-state index contributed by atoms with van der Waals surface area (Å²) in [6.45, 7) is 11.7. The SMILES string of the molecule is C=C/C=C\C(=C/C)c1ccn(CCNC(=O)C2CCCCC(C)CC(C)CC2)n1. The fourth-order valence-corrected chi connectivity index (χ4v) is 4.28. The standard InChI is InChI=1S/C25H39N3O/c1-5-7-11-22(6-2)24-15-17-28(27-24)18-16-26-25(29)23-12-9-8-10-20(3)19-21(4)13-14-23/h5-7,11,15,17,20-21,23H,1,8-10,12-14,16,18-19H2,2-4H3,(H,26,29)/b11-7-,22-6+. The zero-order valence-electron chi connectivity index (χ0n) is 18.6. The van der Waals surface area contributed by atoms with Gasteiger partial charge in [-0.1, -0.05) is 64.0 Å². The molecule has 1 heterocycles. The van der Waals surface area contributed by atoms with Crippen LogP contribution in [0.15, 0.2) is 43.1 Å². The van der Waals surface area contributed by atoms with Gasteiger partial charge >= 0.3 is 0 Å². The normalized spacial score (nSPS) is 24.4. The van der Waals surface area contributed by atoms with Crippen molar-refractivity contribution in [2.45, 2.75) is 72.3 Å². The summed E-state index contributed by atoms with van der Waals surface area (Å²) in [7, 11) is 0. The van der Waals surface area contributed by atoms with Gasteiger partial charge < -0.3 is 5.32 Å². The van der Waals surface area contributed by atoms with Crippen LogP contribution in [0.5, 0.6) is 0 Å². The number of nitrogens with zero attached hydrogens (tertiary/aromatic N) is 2. The summed E-state index contributed by atoms with van der Waals surface area (Å²) in [5.74, 6) is 1.93. The van der Waals surface area contributed by atoms with Gasteiger partial charge in [-0.2, -0.15) is 5.10 Å². The van der Waals surface area contributed by atoms with Gasteiger partial charge in [-0.3, -0.25) is 9.48 Å². The van der Waals surface area contributed by atoms with E-state index in [2.05, 4.69) is 30.8 Å². The first-order chi connectivity index (χ1) is 14.0. The molecule has 1 aromatic rings. The lowest BCUT2D eigenvalue weighted by atomic mass is 9.84. The fourth-order valence-electron chi connectivity index (χ4n) is 4.28. The summed E-state index contributed by atoms with van der Waals surface area (Å²) < 4.78 is 1.90. The molecule has 1 aromatic heterocycles. The first kappa shape index (κ1) is 23.2. The minimum absolute atomic E-state index is 0.165. The summed E-state index contributed by atoms with van der Waals surface area (Å²) >= 11 is 0. The Labute approximate surface area is 177 Å². The molecule has 1 amide bonds. The Morgan fingerprint density at radius 1 is 1.24 bits per heavy atom. The van der Waals surface area contributed by atoms with E-state index in [1.54, 1.807) is 6.08 Å². The molecule has 160 valence electrons. The Balaban J connectivity index is 1.82. The molecule has 0 saturated heterocycles. The summed E-state index contributed by atoms with van der Waals surface area (Å²) in [5.41, 5.74) is 2.00. The Bertz CT molecular complexity index is 701. The lowest BCUT2D eigenvalue weighted by Crippen LogP contribution is -2.33. The van der Waals surface area contributed by atoms with Gasteiger partial charge in [0.1, 0.15) is 0 Å². The lowest BCUT2D eigenvalue weighted by Gasteiger charge is -2.23. The van der Waals surface area contributed by atoms with Gasteiger partial charge in [0.25, 0.3) is 0 Å². The number of allylic oxidation sites excluding steroid dienone is 5. The molecule has 2 rings (SSSR count). The monoisotopic (exact) mass is 397 g/mol. The van der Waals surface area contributed by atoms with Crippen LogP contribution >= 0.6 is 0 Å². The van der Waals surface area contributed by atoms with Crippen molar-refractivity contribution in [3.63, 3.8) is 0 Å². The molecule has 0 aliphatic heterocycles. The number of nitrogens with one attached hydrogen (secondary N) is 1. The Hall–Kier alpha value is -2.10. The van der Waals surface area contributed by atoms with E-state index < -0.39 is 0 Å². The largest absolute Gasteiger partial charge is 0.354 e. The maximum absolute atomic E-state index is 12.7. The zero-order valence-corrected chi connectivity index (χ0v) is 18.6. The van der Waals surface area contributed by atoms with Gasteiger partial charge in [0.15, 0.2) is 0 Å². The van der Waals surface area contributed by atoms with Crippen LogP contribution < -0.4 is 5.32 Å². The first-order valence-electron chi connectivity index (χ1n) is 11.3. The second kappa shape index (κ2) is 12.5. The molecule has 4 heteroatoms. The van der Waals surface area contributed by atoms with Crippen molar-refractivity contribution in [1.82, 2.24) is 15.1 Å². The highest BCUT2D eigenvalue weighted by Gasteiger charge is 2.21. The number of hydrogen-bond donors (Lipinski definition) is 1. The fraction of sp³-hybridized carbons (Fsp3) is 0.600. The van der Waals surface area contributed by atoms with E-state index in [4.69, 9.17) is 0 Å². The Morgan fingerprint density at radius 3 is 2.76 bits per heavy atom. The number of aromatic nitrogens is 2. The van der Waals surface area contributed by atoms with E-state index in [0.717, 1.165) is 42.4 Å². The summed E-state index contributed by atoms with van der Waals surface area (Å²) in [5, 5.41) is 7.78. The molecular weight excluding hydrogens is 358 g/mol. The van der Waals surface area contributed by atoms with E-state index in [-0.39, 0.29) is 11.8 Å². The molecule has 1 fully saturated rings. The van der Waals surface area contributed by atoms with Crippen LogP contribution in [0.2, 0.25) is 0 Å². The van der Waals surface area contributed by atoms with E-state index in [1.165, 1.54) is 25.7 Å². The molecule has 4 nitrogen and oxygen atoms in total. The summed E-state index contributed by atoms with van der Waals surface area (Å²) in [6, 6.07) is 2.01. The van der Waals surface area contributed by atoms with Crippen LogP contribution in [0.4, 0.5) is 0 Å². The molecule has 1 aliphatic rings. The maximum atomic E-state index is 12.7. The van der Waals surface area contributed by atoms with E-state index in [0.29, 0.717) is 13.1 Å². The molecule has 1 aliphatic carbocycles. The van der Waals surface area contributed by atoms with Crippen molar-refractivity contribution in [3.05, 3.63) is 48.8 Å². The maximum Gasteiger partial charge on any atom is 0.223 e. The number of hydrogen-bond acceptors (Lipinski definition) is 2. The van der Waals surface area contributed by atoms with Crippen molar-refractivity contribution in [2.75, 3.05) is 6.54 Å². The molecule has 3 unspecified atom stereocenters. The van der Waals surface area contributed by atoms with Crippen molar-refractivity contribution < 1.29 is 4.79 Å². The van der Waals surface area contributed by atoms with Crippen molar-refractivity contribution >= 4 is 11.5 Å². The van der Waals surface area contributed by atoms with Gasteiger partial charge in [0.05, 0.1) is 12.2 Å². The highest BCUT2D eigenvalue weighted by molar-refractivity contribution is 5.78. The third-order valence-electron chi connectivity index (χ3n) is 5.98. The molecule has 29 heavy (non-hydrogen) atoms. The van der Waals surface area contributed by atoms with Crippen molar-refractivity contribution in [1.29, 1.82) is 0 Å². The second-order valence-electron chi connectivity index (χ2n) is 8.60. The smallest absolute Gasteiger partial charge is 0.223 e. The van der Waals surface area contributed by atoms with Gasteiger partial charge in [-0.25, -0.2) is 0 Å². The van der Waals surface area contributed by atoms with Gasteiger partial charge in [0.2, 0.25) is 5.91 Å². The predicted octanol–water partition coefficient (Wildman–Crippen LogP) is 5.78. The average Bonchev–Trinajstić information content (AvgIpc) is 3.16.